The summed E-state index contributed by atoms with van der Waals surface area (Å²) in [6, 6.07) is 0.413. The number of amides is 1. The predicted molar refractivity (Wildman–Crippen MR) is 77.7 cm³/mol. The molecule has 1 fully saturated rings. The molecular weight excluding hydrogens is 240 g/mol. The molecule has 0 aliphatic heterocycles. The van der Waals surface area contributed by atoms with Gasteiger partial charge in [-0.15, -0.1) is 0 Å². The van der Waals surface area contributed by atoms with Crippen molar-refractivity contribution in [1.29, 1.82) is 0 Å². The average molecular weight is 270 g/mol. The largest absolute Gasteiger partial charge is 0.396 e. The molecule has 1 amide bonds. The fraction of sp³-hybridized carbons (Fsp3) is 0.933. The number of hydrogen-bond acceptors (Lipinski definition) is 3. The first kappa shape index (κ1) is 16.4. The van der Waals surface area contributed by atoms with Gasteiger partial charge in [-0.1, -0.05) is 13.8 Å². The summed E-state index contributed by atoms with van der Waals surface area (Å²) in [5.74, 6) is 1.11. The van der Waals surface area contributed by atoms with Gasteiger partial charge in [0.25, 0.3) is 0 Å². The zero-order chi connectivity index (χ0) is 14.3. The van der Waals surface area contributed by atoms with E-state index in [2.05, 4.69) is 13.8 Å². The van der Waals surface area contributed by atoms with Crippen LogP contribution in [0.15, 0.2) is 0 Å². The van der Waals surface area contributed by atoms with E-state index in [0.29, 0.717) is 43.8 Å². The van der Waals surface area contributed by atoms with Crippen molar-refractivity contribution in [3.8, 4) is 0 Å². The highest BCUT2D eigenvalue weighted by Gasteiger charge is 2.29. The summed E-state index contributed by atoms with van der Waals surface area (Å²) < 4.78 is 0. The van der Waals surface area contributed by atoms with Crippen LogP contribution in [0, 0.1) is 11.8 Å². The zero-order valence-electron chi connectivity index (χ0n) is 12.5. The van der Waals surface area contributed by atoms with Gasteiger partial charge in [-0.2, -0.15) is 0 Å². The summed E-state index contributed by atoms with van der Waals surface area (Å²) in [7, 11) is 0. The summed E-state index contributed by atoms with van der Waals surface area (Å²) in [5.41, 5.74) is 5.78. The number of carbonyl (C=O) groups is 1. The molecule has 1 aliphatic carbocycles. The van der Waals surface area contributed by atoms with Crippen LogP contribution in [0.3, 0.4) is 0 Å². The summed E-state index contributed by atoms with van der Waals surface area (Å²) in [6.07, 6.45) is 5.72. The van der Waals surface area contributed by atoms with Crippen LogP contribution in [0.5, 0.6) is 0 Å². The molecule has 1 saturated carbocycles. The van der Waals surface area contributed by atoms with Gasteiger partial charge >= 0.3 is 0 Å². The number of nitrogens with two attached hydrogens (primary N) is 1. The van der Waals surface area contributed by atoms with Gasteiger partial charge in [0.1, 0.15) is 0 Å². The van der Waals surface area contributed by atoms with Crippen LogP contribution in [0.4, 0.5) is 0 Å². The van der Waals surface area contributed by atoms with Crippen molar-refractivity contribution in [1.82, 2.24) is 4.90 Å². The maximum atomic E-state index is 12.4. The van der Waals surface area contributed by atoms with E-state index in [-0.39, 0.29) is 12.5 Å². The number of aliphatic hydroxyl groups is 1. The fourth-order valence-corrected chi connectivity index (χ4v) is 2.74. The Morgan fingerprint density at radius 2 is 2.11 bits per heavy atom. The van der Waals surface area contributed by atoms with Gasteiger partial charge in [0.15, 0.2) is 0 Å². The van der Waals surface area contributed by atoms with E-state index in [0.717, 1.165) is 19.3 Å². The van der Waals surface area contributed by atoms with Crippen LogP contribution in [0.1, 0.15) is 52.4 Å². The van der Waals surface area contributed by atoms with Crippen molar-refractivity contribution in [2.75, 3.05) is 19.7 Å². The molecule has 0 bridgehead atoms. The number of hydrogen-bond donors (Lipinski definition) is 2. The number of rotatable bonds is 9. The van der Waals surface area contributed by atoms with Crippen LogP contribution in [0.2, 0.25) is 0 Å². The Bertz CT molecular complexity index is 265. The van der Waals surface area contributed by atoms with Gasteiger partial charge < -0.3 is 15.7 Å². The van der Waals surface area contributed by atoms with Crippen LogP contribution < -0.4 is 5.73 Å². The summed E-state index contributed by atoms with van der Waals surface area (Å²) in [6.45, 7) is 5.77. The van der Waals surface area contributed by atoms with E-state index in [1.54, 1.807) is 0 Å². The minimum absolute atomic E-state index is 0.156. The molecule has 19 heavy (non-hydrogen) atoms. The highest BCUT2D eigenvalue weighted by Crippen LogP contribution is 2.26. The molecule has 1 atom stereocenters. The van der Waals surface area contributed by atoms with E-state index in [1.165, 1.54) is 6.42 Å². The predicted octanol–water partition coefficient (Wildman–Crippen LogP) is 1.76. The first-order valence-corrected chi connectivity index (χ1v) is 7.68. The topological polar surface area (TPSA) is 66.6 Å². The maximum Gasteiger partial charge on any atom is 0.223 e. The van der Waals surface area contributed by atoms with Crippen molar-refractivity contribution in [2.45, 2.75) is 58.4 Å². The summed E-state index contributed by atoms with van der Waals surface area (Å²) in [4.78, 5) is 14.4. The Kier molecular flexibility index (Phi) is 7.39. The highest BCUT2D eigenvalue weighted by molar-refractivity contribution is 5.77. The second-order valence-electron chi connectivity index (χ2n) is 6.18. The van der Waals surface area contributed by atoms with Gasteiger partial charge in [0, 0.05) is 25.6 Å². The molecule has 0 heterocycles. The molecule has 3 N–H and O–H groups in total. The van der Waals surface area contributed by atoms with Crippen LogP contribution >= 0.6 is 0 Å². The second-order valence-corrected chi connectivity index (χ2v) is 6.18. The van der Waals surface area contributed by atoms with Crippen molar-refractivity contribution in [3.63, 3.8) is 0 Å². The molecule has 0 aromatic carbocycles. The van der Waals surface area contributed by atoms with Crippen LogP contribution in [-0.2, 0) is 4.79 Å². The molecule has 0 saturated heterocycles. The van der Waals surface area contributed by atoms with Crippen LogP contribution in [-0.4, -0.2) is 41.7 Å². The van der Waals surface area contributed by atoms with Crippen molar-refractivity contribution in [2.24, 2.45) is 17.6 Å². The molecule has 112 valence electrons. The molecule has 4 nitrogen and oxygen atoms in total. The normalized spacial score (nSPS) is 17.3. The quantitative estimate of drug-likeness (QED) is 0.671. The highest BCUT2D eigenvalue weighted by atomic mass is 16.3. The number of nitrogens with zero attached hydrogens (tertiary/aromatic N) is 1. The fourth-order valence-electron chi connectivity index (χ4n) is 2.74. The Balaban J connectivity index is 2.49. The molecule has 1 aliphatic rings. The maximum absolute atomic E-state index is 12.4. The third-order valence-corrected chi connectivity index (χ3v) is 3.99. The molecule has 0 spiro atoms. The van der Waals surface area contributed by atoms with Gasteiger partial charge in [0.05, 0.1) is 0 Å². The molecular formula is C15H30N2O2. The Labute approximate surface area is 117 Å². The zero-order valence-corrected chi connectivity index (χ0v) is 12.5. The third kappa shape index (κ3) is 5.49. The minimum Gasteiger partial charge on any atom is -0.396 e. The Morgan fingerprint density at radius 1 is 1.42 bits per heavy atom. The van der Waals surface area contributed by atoms with Gasteiger partial charge in [-0.3, -0.25) is 4.79 Å². The Hall–Kier alpha value is -0.610. The van der Waals surface area contributed by atoms with Crippen molar-refractivity contribution < 1.29 is 9.90 Å². The monoisotopic (exact) mass is 270 g/mol. The smallest absolute Gasteiger partial charge is 0.223 e. The van der Waals surface area contributed by atoms with Gasteiger partial charge in [-0.25, -0.2) is 0 Å². The van der Waals surface area contributed by atoms with Crippen LogP contribution in [0.25, 0.3) is 0 Å². The van der Waals surface area contributed by atoms with Crippen molar-refractivity contribution in [3.05, 3.63) is 0 Å². The first-order valence-electron chi connectivity index (χ1n) is 7.68. The van der Waals surface area contributed by atoms with E-state index in [4.69, 9.17) is 10.8 Å². The lowest BCUT2D eigenvalue weighted by atomic mass is 9.89. The molecule has 0 unspecified atom stereocenters. The van der Waals surface area contributed by atoms with Crippen molar-refractivity contribution >= 4 is 5.91 Å². The standard InChI is InChI=1S/C15H30N2O2/c1-12(2)9-13(11-16)10-15(19)17(7-4-8-18)14-5-3-6-14/h12-14,18H,3-11,16H2,1-2H3/t13-/m0/s1. The first-order chi connectivity index (χ1) is 9.08. The van der Waals surface area contributed by atoms with Gasteiger partial charge in [-0.05, 0) is 50.5 Å². The lowest BCUT2D eigenvalue weighted by Crippen LogP contribution is -2.45. The summed E-state index contributed by atoms with van der Waals surface area (Å²) in [5, 5.41) is 8.96. The lowest BCUT2D eigenvalue weighted by Gasteiger charge is -2.38. The van der Waals surface area contributed by atoms with E-state index in [9.17, 15) is 4.79 Å². The number of aliphatic hydroxyl groups excluding tert-OH is 1. The van der Waals surface area contributed by atoms with E-state index < -0.39 is 0 Å². The van der Waals surface area contributed by atoms with E-state index >= 15 is 0 Å². The van der Waals surface area contributed by atoms with Gasteiger partial charge in [0.2, 0.25) is 5.91 Å². The molecule has 0 radical (unpaired) electrons. The lowest BCUT2D eigenvalue weighted by molar-refractivity contribution is -0.136. The molecule has 4 heteroatoms. The third-order valence-electron chi connectivity index (χ3n) is 3.99. The molecule has 1 rings (SSSR count). The average Bonchev–Trinajstić information content (AvgIpc) is 2.30. The summed E-state index contributed by atoms with van der Waals surface area (Å²) >= 11 is 0. The molecule has 0 aromatic heterocycles. The minimum atomic E-state index is 0.156. The second kappa shape index (κ2) is 8.54. The molecule has 0 aromatic rings. The SMILES string of the molecule is CC(C)C[C@H](CN)CC(=O)N(CCCO)C1CCC1. The Morgan fingerprint density at radius 3 is 2.53 bits per heavy atom. The number of carbonyl (C=O) groups excluding carboxylic acids is 1. The van der Waals surface area contributed by atoms with E-state index in [1.807, 2.05) is 4.90 Å².